The van der Waals surface area contributed by atoms with Crippen LogP contribution >= 0.6 is 0 Å². The second kappa shape index (κ2) is 53.0. The summed E-state index contributed by atoms with van der Waals surface area (Å²) in [7, 11) is 0. The standard InChI is InChI=1S/C59H111NO5/c1-4-7-10-13-16-19-22-25-27-29-30-32-34-37-40-43-46-49-52-59(64)65-55(50-47-44-41-38-35-33-31-28-26-23-20-17-14-11-8-5-2)53-58(63)60-56(54-61)57(62)51-48-45-42-39-36-24-21-18-15-12-9-6-3/h27,29-30,32-33,35,55-57,61-62H,4-26,28,31,34,36-54H2,1-3H3,(H,60,63)/b29-27+,32-30+,35-33+. The highest BCUT2D eigenvalue weighted by Crippen LogP contribution is 2.18. The van der Waals surface area contributed by atoms with Crippen LogP contribution in [0.3, 0.4) is 0 Å². The van der Waals surface area contributed by atoms with E-state index in [9.17, 15) is 19.8 Å². The first-order valence-electron chi connectivity index (χ1n) is 28.7. The zero-order valence-corrected chi connectivity index (χ0v) is 43.6. The molecule has 1 amide bonds. The Morgan fingerprint density at radius 1 is 0.446 bits per heavy atom. The van der Waals surface area contributed by atoms with Gasteiger partial charge in [0.05, 0.1) is 25.2 Å². The molecule has 0 saturated carbocycles. The van der Waals surface area contributed by atoms with Crippen LogP contribution in [0.25, 0.3) is 0 Å². The minimum Gasteiger partial charge on any atom is -0.462 e. The lowest BCUT2D eigenvalue weighted by atomic mass is 10.0. The monoisotopic (exact) mass is 914 g/mol. The third-order valence-corrected chi connectivity index (χ3v) is 13.2. The smallest absolute Gasteiger partial charge is 0.306 e. The maximum Gasteiger partial charge on any atom is 0.306 e. The van der Waals surface area contributed by atoms with E-state index in [2.05, 4.69) is 62.5 Å². The normalized spacial score (nSPS) is 13.4. The summed E-state index contributed by atoms with van der Waals surface area (Å²) >= 11 is 0. The van der Waals surface area contributed by atoms with Gasteiger partial charge in [0, 0.05) is 6.42 Å². The number of carbonyl (C=O) groups is 2. The lowest BCUT2D eigenvalue weighted by Crippen LogP contribution is -2.46. The van der Waals surface area contributed by atoms with Gasteiger partial charge in [0.1, 0.15) is 6.10 Å². The Morgan fingerprint density at radius 3 is 1.20 bits per heavy atom. The molecule has 0 aliphatic carbocycles. The second-order valence-electron chi connectivity index (χ2n) is 19.7. The first-order chi connectivity index (χ1) is 32.0. The Balaban J connectivity index is 4.59. The van der Waals surface area contributed by atoms with Crippen molar-refractivity contribution in [2.75, 3.05) is 6.61 Å². The van der Waals surface area contributed by atoms with Gasteiger partial charge in [-0.05, 0) is 77.0 Å². The van der Waals surface area contributed by atoms with Gasteiger partial charge in [0.25, 0.3) is 0 Å². The number of rotatable bonds is 52. The lowest BCUT2D eigenvalue weighted by molar-refractivity contribution is -0.151. The van der Waals surface area contributed by atoms with Crippen molar-refractivity contribution in [2.45, 2.75) is 322 Å². The number of allylic oxidation sites excluding steroid dienone is 6. The highest BCUT2D eigenvalue weighted by Gasteiger charge is 2.24. The molecule has 0 aromatic carbocycles. The van der Waals surface area contributed by atoms with Crippen molar-refractivity contribution in [1.82, 2.24) is 5.32 Å². The molecule has 0 rings (SSSR count). The van der Waals surface area contributed by atoms with E-state index in [0.717, 1.165) is 77.0 Å². The van der Waals surface area contributed by atoms with E-state index >= 15 is 0 Å². The van der Waals surface area contributed by atoms with Crippen molar-refractivity contribution < 1.29 is 24.5 Å². The average molecular weight is 915 g/mol. The van der Waals surface area contributed by atoms with Crippen molar-refractivity contribution >= 4 is 11.9 Å². The minimum absolute atomic E-state index is 0.0635. The summed E-state index contributed by atoms with van der Waals surface area (Å²) < 4.78 is 5.95. The molecular formula is C59H111NO5. The topological polar surface area (TPSA) is 95.9 Å². The van der Waals surface area contributed by atoms with Crippen LogP contribution in [0.4, 0.5) is 0 Å². The fourth-order valence-corrected chi connectivity index (χ4v) is 8.83. The molecule has 65 heavy (non-hydrogen) atoms. The van der Waals surface area contributed by atoms with E-state index < -0.39 is 18.2 Å². The van der Waals surface area contributed by atoms with Crippen LogP contribution in [0.5, 0.6) is 0 Å². The van der Waals surface area contributed by atoms with E-state index in [1.54, 1.807) is 0 Å². The van der Waals surface area contributed by atoms with Gasteiger partial charge in [-0.25, -0.2) is 0 Å². The first-order valence-corrected chi connectivity index (χ1v) is 28.7. The Bertz CT molecular complexity index is 1070. The average Bonchev–Trinajstić information content (AvgIpc) is 3.30. The van der Waals surface area contributed by atoms with Gasteiger partial charge in [-0.3, -0.25) is 9.59 Å². The molecule has 0 saturated heterocycles. The quantitative estimate of drug-likeness (QED) is 0.0244. The summed E-state index contributed by atoms with van der Waals surface area (Å²) in [6, 6.07) is -0.708. The molecule has 3 atom stereocenters. The maximum atomic E-state index is 13.2. The van der Waals surface area contributed by atoms with Crippen LogP contribution in [0, 0.1) is 0 Å². The molecule has 382 valence electrons. The van der Waals surface area contributed by atoms with Crippen molar-refractivity contribution in [3.05, 3.63) is 36.5 Å². The molecule has 6 heteroatoms. The number of esters is 1. The van der Waals surface area contributed by atoms with Gasteiger partial charge >= 0.3 is 5.97 Å². The number of carbonyl (C=O) groups excluding carboxylic acids is 2. The van der Waals surface area contributed by atoms with Crippen LogP contribution in [0.1, 0.15) is 303 Å². The van der Waals surface area contributed by atoms with Crippen molar-refractivity contribution in [2.24, 2.45) is 0 Å². The number of nitrogens with one attached hydrogen (secondary N) is 1. The molecule has 0 aliphatic rings. The van der Waals surface area contributed by atoms with E-state index in [1.165, 1.54) is 180 Å². The molecule has 0 radical (unpaired) electrons. The van der Waals surface area contributed by atoms with Gasteiger partial charge < -0.3 is 20.3 Å². The third kappa shape index (κ3) is 48.3. The molecule has 0 aromatic heterocycles. The van der Waals surface area contributed by atoms with Crippen LogP contribution in [0.15, 0.2) is 36.5 Å². The van der Waals surface area contributed by atoms with Gasteiger partial charge in [-0.15, -0.1) is 0 Å². The van der Waals surface area contributed by atoms with Crippen LogP contribution in [-0.2, 0) is 14.3 Å². The highest BCUT2D eigenvalue weighted by molar-refractivity contribution is 5.77. The third-order valence-electron chi connectivity index (χ3n) is 13.2. The SMILES string of the molecule is CCCCCCCCC/C=C/C=C/CCCCCCCC(=O)OC(CCCCC/C=C/CCCCCCCCCCC)CC(=O)NC(CO)C(O)CCCCCCCCCCCCCC. The van der Waals surface area contributed by atoms with E-state index in [4.69, 9.17) is 4.74 Å². The van der Waals surface area contributed by atoms with E-state index in [1.807, 2.05) is 0 Å². The minimum atomic E-state index is -0.793. The van der Waals surface area contributed by atoms with Gasteiger partial charge in [-0.1, -0.05) is 250 Å². The largest absolute Gasteiger partial charge is 0.462 e. The Kier molecular flexibility index (Phi) is 51.5. The molecule has 0 spiro atoms. The number of hydrogen-bond acceptors (Lipinski definition) is 5. The summed E-state index contributed by atoms with van der Waals surface area (Å²) in [6.07, 6.45) is 63.5. The Hall–Kier alpha value is -1.92. The number of amides is 1. The van der Waals surface area contributed by atoms with E-state index in [-0.39, 0.29) is 24.9 Å². The first kappa shape index (κ1) is 63.1. The number of unbranched alkanes of at least 4 members (excludes halogenated alkanes) is 35. The molecule has 3 unspecified atom stereocenters. The maximum absolute atomic E-state index is 13.2. The zero-order valence-electron chi connectivity index (χ0n) is 43.6. The number of aliphatic hydroxyl groups excluding tert-OH is 2. The predicted octanol–water partition coefficient (Wildman–Crippen LogP) is 17.6. The molecule has 0 aromatic rings. The summed E-state index contributed by atoms with van der Waals surface area (Å²) in [5.74, 6) is -0.494. The molecule has 0 heterocycles. The summed E-state index contributed by atoms with van der Waals surface area (Å²) in [4.78, 5) is 26.2. The van der Waals surface area contributed by atoms with Crippen LogP contribution in [0.2, 0.25) is 0 Å². The Morgan fingerprint density at radius 2 is 0.785 bits per heavy atom. The van der Waals surface area contributed by atoms with Gasteiger partial charge in [0.2, 0.25) is 5.91 Å². The number of hydrogen-bond donors (Lipinski definition) is 3. The van der Waals surface area contributed by atoms with E-state index in [0.29, 0.717) is 19.3 Å². The molecule has 3 N–H and O–H groups in total. The predicted molar refractivity (Wildman–Crippen MR) is 282 cm³/mol. The molecule has 0 bridgehead atoms. The fourth-order valence-electron chi connectivity index (χ4n) is 8.83. The van der Waals surface area contributed by atoms with Crippen molar-refractivity contribution in [1.29, 1.82) is 0 Å². The number of aliphatic hydroxyl groups is 2. The molecule has 6 nitrogen and oxygen atoms in total. The molecule has 0 aliphatic heterocycles. The zero-order chi connectivity index (χ0) is 47.4. The molecule has 0 fully saturated rings. The van der Waals surface area contributed by atoms with Crippen LogP contribution in [-0.4, -0.2) is 46.9 Å². The fraction of sp³-hybridized carbons (Fsp3) is 0.864. The van der Waals surface area contributed by atoms with Gasteiger partial charge in [-0.2, -0.15) is 0 Å². The van der Waals surface area contributed by atoms with Crippen molar-refractivity contribution in [3.8, 4) is 0 Å². The highest BCUT2D eigenvalue weighted by atomic mass is 16.5. The second-order valence-corrected chi connectivity index (χ2v) is 19.7. The van der Waals surface area contributed by atoms with Crippen molar-refractivity contribution in [3.63, 3.8) is 0 Å². The molecular weight excluding hydrogens is 803 g/mol. The summed E-state index contributed by atoms with van der Waals surface area (Å²) in [6.45, 7) is 6.50. The Labute approximate surface area is 404 Å². The number of ether oxygens (including phenoxy) is 1. The van der Waals surface area contributed by atoms with Gasteiger partial charge in [0.15, 0.2) is 0 Å². The lowest BCUT2D eigenvalue weighted by Gasteiger charge is -2.24. The summed E-state index contributed by atoms with van der Waals surface area (Å²) in [5.41, 5.74) is 0. The summed E-state index contributed by atoms with van der Waals surface area (Å²) in [5, 5.41) is 23.8. The van der Waals surface area contributed by atoms with Crippen LogP contribution < -0.4 is 5.32 Å².